The molecule has 3 heterocycles. The highest BCUT2D eigenvalue weighted by Gasteiger charge is 2.44. The molecule has 0 aliphatic carbocycles. The Morgan fingerprint density at radius 3 is 3.05 bits per heavy atom. The van der Waals surface area contributed by atoms with Crippen LogP contribution in [-0.4, -0.2) is 42.0 Å². The molecule has 22 heavy (non-hydrogen) atoms. The molecule has 1 unspecified atom stereocenters. The van der Waals surface area contributed by atoms with Crippen LogP contribution in [0.5, 0.6) is 0 Å². The first-order chi connectivity index (χ1) is 10.4. The SMILES string of the molecule is CN1CCC(Nc2ncc3oc(C#N)cc3c2Br)C(F)(F)C1. The number of pyridine rings is 1. The number of likely N-dealkylation sites (tertiary alicyclic amines) is 1. The molecule has 0 saturated carbocycles. The second-order valence-corrected chi connectivity index (χ2v) is 6.20. The molecule has 3 rings (SSSR count). The molecule has 1 aliphatic heterocycles. The second kappa shape index (κ2) is 5.48. The summed E-state index contributed by atoms with van der Waals surface area (Å²) in [6.07, 6.45) is 1.75. The molecular weight excluding hydrogens is 358 g/mol. The first kappa shape index (κ1) is 15.2. The van der Waals surface area contributed by atoms with Crippen LogP contribution >= 0.6 is 15.9 Å². The maximum atomic E-state index is 14.1. The van der Waals surface area contributed by atoms with Gasteiger partial charge in [0.15, 0.2) is 5.58 Å². The average molecular weight is 371 g/mol. The van der Waals surface area contributed by atoms with E-state index in [4.69, 9.17) is 9.68 Å². The van der Waals surface area contributed by atoms with Crippen LogP contribution in [-0.2, 0) is 0 Å². The fourth-order valence-electron chi connectivity index (χ4n) is 2.59. The number of hydrogen-bond donors (Lipinski definition) is 1. The Morgan fingerprint density at radius 1 is 1.59 bits per heavy atom. The molecule has 0 spiro atoms. The minimum absolute atomic E-state index is 0.152. The van der Waals surface area contributed by atoms with E-state index < -0.39 is 12.0 Å². The summed E-state index contributed by atoms with van der Waals surface area (Å²) in [5.74, 6) is -2.36. The van der Waals surface area contributed by atoms with Crippen molar-refractivity contribution in [3.05, 3.63) is 22.5 Å². The van der Waals surface area contributed by atoms with Gasteiger partial charge in [-0.15, -0.1) is 0 Å². The Kier molecular flexibility index (Phi) is 3.78. The van der Waals surface area contributed by atoms with Gasteiger partial charge in [-0.2, -0.15) is 5.26 Å². The lowest BCUT2D eigenvalue weighted by Gasteiger charge is -2.37. The number of furan rings is 1. The van der Waals surface area contributed by atoms with Crippen LogP contribution in [0.2, 0.25) is 0 Å². The number of alkyl halides is 2. The maximum absolute atomic E-state index is 14.1. The molecule has 1 aliphatic rings. The van der Waals surface area contributed by atoms with Gasteiger partial charge in [-0.05, 0) is 29.4 Å². The summed E-state index contributed by atoms with van der Waals surface area (Å²) in [5.41, 5.74) is 0.434. The van der Waals surface area contributed by atoms with Crippen molar-refractivity contribution >= 4 is 32.7 Å². The zero-order valence-corrected chi connectivity index (χ0v) is 13.3. The van der Waals surface area contributed by atoms with E-state index >= 15 is 0 Å². The van der Waals surface area contributed by atoms with Gasteiger partial charge in [0.25, 0.3) is 5.92 Å². The highest BCUT2D eigenvalue weighted by Crippen LogP contribution is 2.35. The summed E-state index contributed by atoms with van der Waals surface area (Å²) in [4.78, 5) is 5.73. The number of nitrogens with one attached hydrogen (secondary N) is 1. The zero-order chi connectivity index (χ0) is 15.9. The third-order valence-electron chi connectivity index (χ3n) is 3.73. The van der Waals surface area contributed by atoms with Crippen LogP contribution in [0.4, 0.5) is 14.6 Å². The van der Waals surface area contributed by atoms with Crippen molar-refractivity contribution in [2.24, 2.45) is 0 Å². The first-order valence-electron chi connectivity index (χ1n) is 6.72. The minimum Gasteiger partial charge on any atom is -0.444 e. The van der Waals surface area contributed by atoms with Gasteiger partial charge >= 0.3 is 0 Å². The normalized spacial score (nSPS) is 21.7. The van der Waals surface area contributed by atoms with E-state index in [1.54, 1.807) is 18.0 Å². The highest BCUT2D eigenvalue weighted by atomic mass is 79.9. The summed E-state index contributed by atoms with van der Waals surface area (Å²) in [7, 11) is 1.68. The van der Waals surface area contributed by atoms with E-state index in [2.05, 4.69) is 26.2 Å². The first-order valence-corrected chi connectivity index (χ1v) is 7.51. The minimum atomic E-state index is -2.84. The number of aromatic nitrogens is 1. The fourth-order valence-corrected chi connectivity index (χ4v) is 3.11. The summed E-state index contributed by atoms with van der Waals surface area (Å²) < 4.78 is 34.0. The van der Waals surface area contributed by atoms with Crippen molar-refractivity contribution in [2.45, 2.75) is 18.4 Å². The molecule has 1 atom stereocenters. The van der Waals surface area contributed by atoms with Crippen molar-refractivity contribution in [3.63, 3.8) is 0 Å². The predicted molar refractivity (Wildman–Crippen MR) is 80.9 cm³/mol. The van der Waals surface area contributed by atoms with Crippen molar-refractivity contribution in [3.8, 4) is 6.07 Å². The molecule has 0 bridgehead atoms. The number of anilines is 1. The van der Waals surface area contributed by atoms with Gasteiger partial charge < -0.3 is 14.6 Å². The third-order valence-corrected chi connectivity index (χ3v) is 4.53. The quantitative estimate of drug-likeness (QED) is 0.878. The Labute approximate surface area is 134 Å². The topological polar surface area (TPSA) is 65.1 Å². The zero-order valence-electron chi connectivity index (χ0n) is 11.7. The van der Waals surface area contributed by atoms with E-state index in [9.17, 15) is 8.78 Å². The molecule has 1 fully saturated rings. The fraction of sp³-hybridized carbons (Fsp3) is 0.429. The van der Waals surface area contributed by atoms with Gasteiger partial charge in [0, 0.05) is 18.0 Å². The van der Waals surface area contributed by atoms with Crippen LogP contribution in [0.15, 0.2) is 21.2 Å². The smallest absolute Gasteiger partial charge is 0.280 e. The second-order valence-electron chi connectivity index (χ2n) is 5.41. The number of rotatable bonds is 2. The number of nitrogens with zero attached hydrogens (tertiary/aromatic N) is 3. The Morgan fingerprint density at radius 2 is 2.36 bits per heavy atom. The molecule has 116 valence electrons. The number of halogens is 3. The molecule has 5 nitrogen and oxygen atoms in total. The summed E-state index contributed by atoms with van der Waals surface area (Å²) in [6.45, 7) is 0.312. The molecule has 2 aromatic rings. The van der Waals surface area contributed by atoms with Gasteiger partial charge in [0.05, 0.1) is 23.3 Å². The van der Waals surface area contributed by atoms with Crippen molar-refractivity contribution in [1.82, 2.24) is 9.88 Å². The third kappa shape index (κ3) is 2.66. The predicted octanol–water partition coefficient (Wildman–Crippen LogP) is 3.21. The van der Waals surface area contributed by atoms with Crippen molar-refractivity contribution in [1.29, 1.82) is 5.26 Å². The molecular formula is C14H13BrF2N4O. The van der Waals surface area contributed by atoms with E-state index in [-0.39, 0.29) is 12.3 Å². The van der Waals surface area contributed by atoms with E-state index in [1.807, 2.05) is 6.07 Å². The Hall–Kier alpha value is -1.72. The van der Waals surface area contributed by atoms with Crippen LogP contribution < -0.4 is 5.32 Å². The van der Waals surface area contributed by atoms with Crippen LogP contribution in [0.25, 0.3) is 11.0 Å². The van der Waals surface area contributed by atoms with Crippen LogP contribution in [0, 0.1) is 11.3 Å². The Balaban J connectivity index is 1.91. The van der Waals surface area contributed by atoms with Gasteiger partial charge in [-0.1, -0.05) is 0 Å². The lowest BCUT2D eigenvalue weighted by atomic mass is 10.0. The van der Waals surface area contributed by atoms with Gasteiger partial charge in [0.1, 0.15) is 11.9 Å². The van der Waals surface area contributed by atoms with Gasteiger partial charge in [0.2, 0.25) is 5.76 Å². The summed E-state index contributed by atoms with van der Waals surface area (Å²) in [5, 5.41) is 12.3. The molecule has 1 N–H and O–H groups in total. The van der Waals surface area contributed by atoms with E-state index in [1.165, 1.54) is 6.20 Å². The molecule has 1 saturated heterocycles. The largest absolute Gasteiger partial charge is 0.444 e. The molecule has 0 aromatic carbocycles. The van der Waals surface area contributed by atoms with E-state index in [0.717, 1.165) is 0 Å². The number of hydrogen-bond acceptors (Lipinski definition) is 5. The monoisotopic (exact) mass is 370 g/mol. The van der Waals surface area contributed by atoms with Crippen LogP contribution in [0.3, 0.4) is 0 Å². The number of nitriles is 1. The van der Waals surface area contributed by atoms with Gasteiger partial charge in [-0.3, -0.25) is 0 Å². The van der Waals surface area contributed by atoms with Gasteiger partial charge in [-0.25, -0.2) is 13.8 Å². The average Bonchev–Trinajstić information content (AvgIpc) is 2.88. The Bertz CT molecular complexity index is 755. The lowest BCUT2D eigenvalue weighted by Crippen LogP contribution is -2.53. The number of piperidine rings is 1. The molecule has 0 amide bonds. The molecule has 0 radical (unpaired) electrons. The standard InChI is InChI=1S/C14H13BrF2N4O/c1-21-3-2-11(14(16,17)7-21)20-13-12(15)9-4-8(5-18)22-10(9)6-19-13/h4,6,11H,2-3,7H2,1H3,(H,19,20). The molecule has 8 heteroatoms. The summed E-state index contributed by atoms with van der Waals surface area (Å²) in [6, 6.07) is 2.48. The maximum Gasteiger partial charge on any atom is 0.280 e. The highest BCUT2D eigenvalue weighted by molar-refractivity contribution is 9.10. The van der Waals surface area contributed by atoms with Crippen molar-refractivity contribution < 1.29 is 13.2 Å². The van der Waals surface area contributed by atoms with E-state index in [0.29, 0.717) is 34.2 Å². The lowest BCUT2D eigenvalue weighted by molar-refractivity contribution is -0.0674. The number of fused-ring (bicyclic) bond motifs is 1. The van der Waals surface area contributed by atoms with Crippen molar-refractivity contribution in [2.75, 3.05) is 25.5 Å². The van der Waals surface area contributed by atoms with Crippen LogP contribution in [0.1, 0.15) is 12.2 Å². The summed E-state index contributed by atoms with van der Waals surface area (Å²) >= 11 is 3.35. The molecule has 2 aromatic heterocycles.